The van der Waals surface area contributed by atoms with Crippen LogP contribution in [0, 0.1) is 0 Å². The van der Waals surface area contributed by atoms with E-state index in [2.05, 4.69) is 4.98 Å². The van der Waals surface area contributed by atoms with Crippen molar-refractivity contribution in [2.45, 2.75) is 12.5 Å². The highest BCUT2D eigenvalue weighted by atomic mass is 16.3. The van der Waals surface area contributed by atoms with Gasteiger partial charge in [-0.25, -0.2) is 0 Å². The smallest absolute Gasteiger partial charge is 0.248 e. The van der Waals surface area contributed by atoms with Crippen molar-refractivity contribution in [3.8, 4) is 0 Å². The molecular formula is C8H12N2O2. The van der Waals surface area contributed by atoms with Gasteiger partial charge in [-0.05, 0) is 6.07 Å². The van der Waals surface area contributed by atoms with Crippen LogP contribution in [0.2, 0.25) is 0 Å². The SMILES string of the molecule is NC(CO)Cc1cccc(=O)[nH]1. The van der Waals surface area contributed by atoms with Gasteiger partial charge in [0.25, 0.3) is 0 Å². The van der Waals surface area contributed by atoms with E-state index < -0.39 is 0 Å². The van der Waals surface area contributed by atoms with Gasteiger partial charge in [0.15, 0.2) is 0 Å². The third-order valence-electron chi connectivity index (χ3n) is 1.55. The average molecular weight is 168 g/mol. The number of nitrogens with one attached hydrogen (secondary N) is 1. The van der Waals surface area contributed by atoms with Gasteiger partial charge in [0, 0.05) is 24.2 Å². The summed E-state index contributed by atoms with van der Waals surface area (Å²) in [5.74, 6) is 0. The Kier molecular flexibility index (Phi) is 3.01. The Hall–Kier alpha value is -1.13. The lowest BCUT2D eigenvalue weighted by atomic mass is 10.2. The zero-order valence-corrected chi connectivity index (χ0v) is 6.66. The first-order chi connectivity index (χ1) is 5.72. The highest BCUT2D eigenvalue weighted by Gasteiger charge is 2.01. The van der Waals surface area contributed by atoms with Gasteiger partial charge in [0.1, 0.15) is 0 Å². The first kappa shape index (κ1) is 8.96. The number of pyridine rings is 1. The van der Waals surface area contributed by atoms with E-state index in [1.165, 1.54) is 6.07 Å². The van der Waals surface area contributed by atoms with Gasteiger partial charge in [-0.15, -0.1) is 0 Å². The fourth-order valence-corrected chi connectivity index (χ4v) is 0.959. The van der Waals surface area contributed by atoms with Crippen LogP contribution < -0.4 is 11.3 Å². The zero-order valence-electron chi connectivity index (χ0n) is 6.66. The summed E-state index contributed by atoms with van der Waals surface area (Å²) >= 11 is 0. The maximum atomic E-state index is 10.8. The molecule has 4 heteroatoms. The Morgan fingerprint density at radius 1 is 1.58 bits per heavy atom. The molecule has 0 bridgehead atoms. The fourth-order valence-electron chi connectivity index (χ4n) is 0.959. The second kappa shape index (κ2) is 4.04. The molecule has 4 N–H and O–H groups in total. The minimum atomic E-state index is -0.303. The first-order valence-corrected chi connectivity index (χ1v) is 3.77. The Morgan fingerprint density at radius 2 is 2.33 bits per heavy atom. The van der Waals surface area contributed by atoms with Crippen LogP contribution in [0.4, 0.5) is 0 Å². The van der Waals surface area contributed by atoms with Crippen LogP contribution >= 0.6 is 0 Å². The third-order valence-corrected chi connectivity index (χ3v) is 1.55. The van der Waals surface area contributed by atoms with Gasteiger partial charge in [-0.1, -0.05) is 6.07 Å². The Bertz CT molecular complexity index is 295. The minimum Gasteiger partial charge on any atom is -0.395 e. The molecule has 0 saturated heterocycles. The summed E-state index contributed by atoms with van der Waals surface area (Å²) in [7, 11) is 0. The van der Waals surface area contributed by atoms with E-state index in [1.54, 1.807) is 12.1 Å². The van der Waals surface area contributed by atoms with Gasteiger partial charge < -0.3 is 15.8 Å². The molecule has 1 atom stereocenters. The number of aliphatic hydroxyl groups excluding tert-OH is 1. The van der Waals surface area contributed by atoms with E-state index in [0.29, 0.717) is 6.42 Å². The van der Waals surface area contributed by atoms with E-state index >= 15 is 0 Å². The fraction of sp³-hybridized carbons (Fsp3) is 0.375. The van der Waals surface area contributed by atoms with E-state index in [0.717, 1.165) is 5.69 Å². The summed E-state index contributed by atoms with van der Waals surface area (Å²) in [4.78, 5) is 13.4. The molecule has 0 aliphatic rings. The highest BCUT2D eigenvalue weighted by Crippen LogP contribution is 1.94. The van der Waals surface area contributed by atoms with Gasteiger partial charge in [0.05, 0.1) is 6.61 Å². The topological polar surface area (TPSA) is 79.1 Å². The van der Waals surface area contributed by atoms with Crippen LogP contribution in [0.3, 0.4) is 0 Å². The van der Waals surface area contributed by atoms with Gasteiger partial charge in [0.2, 0.25) is 5.56 Å². The number of hydrogen-bond acceptors (Lipinski definition) is 3. The molecule has 1 aromatic heterocycles. The molecule has 0 fully saturated rings. The molecule has 0 saturated carbocycles. The Balaban J connectivity index is 2.69. The van der Waals surface area contributed by atoms with Crippen molar-refractivity contribution in [3.63, 3.8) is 0 Å². The molecule has 1 aromatic rings. The van der Waals surface area contributed by atoms with Crippen molar-refractivity contribution in [1.82, 2.24) is 4.98 Å². The average Bonchev–Trinajstić information content (AvgIpc) is 2.04. The van der Waals surface area contributed by atoms with E-state index in [-0.39, 0.29) is 18.2 Å². The van der Waals surface area contributed by atoms with E-state index in [4.69, 9.17) is 10.8 Å². The largest absolute Gasteiger partial charge is 0.395 e. The summed E-state index contributed by atoms with van der Waals surface area (Å²) in [6, 6.07) is 4.58. The number of aliphatic hydroxyl groups is 1. The highest BCUT2D eigenvalue weighted by molar-refractivity contribution is 5.05. The van der Waals surface area contributed by atoms with Crippen LogP contribution in [0.1, 0.15) is 5.69 Å². The monoisotopic (exact) mass is 168 g/mol. The quantitative estimate of drug-likeness (QED) is 0.555. The lowest BCUT2D eigenvalue weighted by Crippen LogP contribution is -2.28. The molecule has 0 amide bonds. The molecule has 0 spiro atoms. The Labute approximate surface area is 70.0 Å². The number of rotatable bonds is 3. The van der Waals surface area contributed by atoms with Crippen LogP contribution in [-0.4, -0.2) is 22.7 Å². The molecule has 1 unspecified atom stereocenters. The molecular weight excluding hydrogens is 156 g/mol. The molecule has 0 aromatic carbocycles. The van der Waals surface area contributed by atoms with Crippen molar-refractivity contribution in [3.05, 3.63) is 34.2 Å². The molecule has 12 heavy (non-hydrogen) atoms. The summed E-state index contributed by atoms with van der Waals surface area (Å²) in [5.41, 5.74) is 6.10. The minimum absolute atomic E-state index is 0.0725. The zero-order chi connectivity index (χ0) is 8.97. The predicted molar refractivity (Wildman–Crippen MR) is 45.8 cm³/mol. The van der Waals surface area contributed by atoms with Crippen LogP contribution in [0.25, 0.3) is 0 Å². The lowest BCUT2D eigenvalue weighted by molar-refractivity contribution is 0.264. The van der Waals surface area contributed by atoms with Gasteiger partial charge in [-0.3, -0.25) is 4.79 Å². The third kappa shape index (κ3) is 2.48. The number of hydrogen-bond donors (Lipinski definition) is 3. The predicted octanol–water partition coefficient (Wildman–Crippen LogP) is -0.763. The standard InChI is InChI=1S/C8H12N2O2/c9-6(5-11)4-7-2-1-3-8(12)10-7/h1-3,6,11H,4-5,9H2,(H,10,12). The lowest BCUT2D eigenvalue weighted by Gasteiger charge is -2.06. The Morgan fingerprint density at radius 3 is 2.92 bits per heavy atom. The first-order valence-electron chi connectivity index (χ1n) is 3.77. The van der Waals surface area contributed by atoms with Gasteiger partial charge in [-0.2, -0.15) is 0 Å². The summed E-state index contributed by atoms with van der Waals surface area (Å²) in [6.07, 6.45) is 0.493. The van der Waals surface area contributed by atoms with Crippen LogP contribution in [-0.2, 0) is 6.42 Å². The molecule has 66 valence electrons. The molecule has 0 radical (unpaired) electrons. The summed E-state index contributed by atoms with van der Waals surface area (Å²) in [5, 5.41) is 8.65. The normalized spacial score (nSPS) is 12.8. The molecule has 0 aliphatic heterocycles. The molecule has 1 rings (SSSR count). The van der Waals surface area contributed by atoms with E-state index in [9.17, 15) is 4.79 Å². The molecule has 4 nitrogen and oxygen atoms in total. The van der Waals surface area contributed by atoms with Crippen molar-refractivity contribution in [2.75, 3.05) is 6.61 Å². The number of nitrogens with two attached hydrogens (primary N) is 1. The van der Waals surface area contributed by atoms with Crippen molar-refractivity contribution < 1.29 is 5.11 Å². The molecule has 0 aliphatic carbocycles. The van der Waals surface area contributed by atoms with Crippen molar-refractivity contribution in [2.24, 2.45) is 5.73 Å². The number of aromatic amines is 1. The second-order valence-corrected chi connectivity index (χ2v) is 2.69. The van der Waals surface area contributed by atoms with E-state index in [1.807, 2.05) is 0 Å². The number of H-pyrrole nitrogens is 1. The summed E-state index contributed by atoms with van der Waals surface area (Å²) < 4.78 is 0. The van der Waals surface area contributed by atoms with Crippen LogP contribution in [0.15, 0.2) is 23.0 Å². The van der Waals surface area contributed by atoms with Gasteiger partial charge >= 0.3 is 0 Å². The maximum absolute atomic E-state index is 10.8. The van der Waals surface area contributed by atoms with Crippen LogP contribution in [0.5, 0.6) is 0 Å². The summed E-state index contributed by atoms with van der Waals surface area (Å²) in [6.45, 7) is -0.0725. The number of aromatic nitrogens is 1. The maximum Gasteiger partial charge on any atom is 0.248 e. The second-order valence-electron chi connectivity index (χ2n) is 2.69. The van der Waals surface area contributed by atoms with Crippen molar-refractivity contribution >= 4 is 0 Å². The van der Waals surface area contributed by atoms with Crippen molar-refractivity contribution in [1.29, 1.82) is 0 Å². The molecule has 1 heterocycles.